The Balaban J connectivity index is 1.87. The van der Waals surface area contributed by atoms with E-state index in [0.717, 1.165) is 18.8 Å². The number of hydrogen-bond donors (Lipinski definition) is 1. The fraction of sp³-hybridized carbons (Fsp3) is 0.318. The van der Waals surface area contributed by atoms with Crippen molar-refractivity contribution in [1.29, 1.82) is 0 Å². The van der Waals surface area contributed by atoms with Crippen LogP contribution in [0.4, 0.5) is 11.4 Å². The number of esters is 1. The maximum absolute atomic E-state index is 12.1. The minimum atomic E-state index is -0.557. The standard InChI is InChI=1S/C22H27N3O4/c1-5-25(6-2)19-13-9-17(10-14-19)22(28)29-15-20(26)23-18-11-7-16(8-12-18)21(27)24(3)4/h7-14H,5-6,15H2,1-4H3,(H,23,26). The van der Waals surface area contributed by atoms with Crippen molar-refractivity contribution in [3.8, 4) is 0 Å². The van der Waals surface area contributed by atoms with Gasteiger partial charge in [-0.15, -0.1) is 0 Å². The Hall–Kier alpha value is -3.35. The van der Waals surface area contributed by atoms with E-state index in [4.69, 9.17) is 4.74 Å². The third-order valence-electron chi connectivity index (χ3n) is 4.39. The number of anilines is 2. The Bertz CT molecular complexity index is 841. The smallest absolute Gasteiger partial charge is 0.338 e. The van der Waals surface area contributed by atoms with Gasteiger partial charge in [0.15, 0.2) is 6.61 Å². The second-order valence-electron chi connectivity index (χ2n) is 6.62. The molecule has 0 aliphatic rings. The quantitative estimate of drug-likeness (QED) is 0.693. The van der Waals surface area contributed by atoms with Crippen LogP contribution in [0, 0.1) is 0 Å². The first-order valence-electron chi connectivity index (χ1n) is 9.49. The normalized spacial score (nSPS) is 10.2. The molecule has 7 nitrogen and oxygen atoms in total. The molecular formula is C22H27N3O4. The van der Waals surface area contributed by atoms with E-state index in [1.165, 1.54) is 4.90 Å². The molecule has 0 aromatic heterocycles. The van der Waals surface area contributed by atoms with Gasteiger partial charge in [0.2, 0.25) is 0 Å². The molecule has 2 aromatic rings. The maximum atomic E-state index is 12.1. The van der Waals surface area contributed by atoms with Crippen LogP contribution in [0.15, 0.2) is 48.5 Å². The third-order valence-corrected chi connectivity index (χ3v) is 4.39. The summed E-state index contributed by atoms with van der Waals surface area (Å²) < 4.78 is 5.08. The Morgan fingerprint density at radius 1 is 0.862 bits per heavy atom. The van der Waals surface area contributed by atoms with Crippen molar-refractivity contribution in [3.63, 3.8) is 0 Å². The van der Waals surface area contributed by atoms with E-state index in [2.05, 4.69) is 24.1 Å². The van der Waals surface area contributed by atoms with E-state index in [0.29, 0.717) is 16.8 Å². The minimum Gasteiger partial charge on any atom is -0.452 e. The molecule has 2 aromatic carbocycles. The van der Waals surface area contributed by atoms with Crippen molar-refractivity contribution in [2.45, 2.75) is 13.8 Å². The topological polar surface area (TPSA) is 79.0 Å². The van der Waals surface area contributed by atoms with E-state index >= 15 is 0 Å². The van der Waals surface area contributed by atoms with Crippen molar-refractivity contribution in [2.24, 2.45) is 0 Å². The molecule has 0 bridgehead atoms. The van der Waals surface area contributed by atoms with Crippen LogP contribution in [0.25, 0.3) is 0 Å². The van der Waals surface area contributed by atoms with E-state index in [9.17, 15) is 14.4 Å². The number of carbonyl (C=O) groups is 3. The first-order chi connectivity index (χ1) is 13.8. The van der Waals surface area contributed by atoms with Gasteiger partial charge < -0.3 is 19.9 Å². The molecule has 0 saturated heterocycles. The molecule has 7 heteroatoms. The predicted octanol–water partition coefficient (Wildman–Crippen LogP) is 3.03. The summed E-state index contributed by atoms with van der Waals surface area (Å²) in [6.07, 6.45) is 0. The van der Waals surface area contributed by atoms with E-state index in [-0.39, 0.29) is 5.91 Å². The molecule has 0 atom stereocenters. The number of hydrogen-bond acceptors (Lipinski definition) is 5. The van der Waals surface area contributed by atoms with E-state index in [1.807, 2.05) is 12.1 Å². The highest BCUT2D eigenvalue weighted by Crippen LogP contribution is 2.15. The average Bonchev–Trinajstić information content (AvgIpc) is 2.73. The SMILES string of the molecule is CCN(CC)c1ccc(C(=O)OCC(=O)Nc2ccc(C(=O)N(C)C)cc2)cc1. The fourth-order valence-corrected chi connectivity index (χ4v) is 2.76. The van der Waals surface area contributed by atoms with Crippen LogP contribution in [0.3, 0.4) is 0 Å². The van der Waals surface area contributed by atoms with Gasteiger partial charge in [-0.2, -0.15) is 0 Å². The number of rotatable bonds is 8. The van der Waals surface area contributed by atoms with Gasteiger partial charge in [-0.25, -0.2) is 4.79 Å². The molecule has 0 spiro atoms. The Kier molecular flexibility index (Phi) is 7.77. The van der Waals surface area contributed by atoms with Gasteiger partial charge in [0.1, 0.15) is 0 Å². The zero-order chi connectivity index (χ0) is 21.4. The Morgan fingerprint density at radius 3 is 1.93 bits per heavy atom. The van der Waals surface area contributed by atoms with Crippen LogP contribution >= 0.6 is 0 Å². The van der Waals surface area contributed by atoms with Crippen LogP contribution in [-0.4, -0.2) is 56.5 Å². The lowest BCUT2D eigenvalue weighted by Gasteiger charge is -2.20. The molecule has 29 heavy (non-hydrogen) atoms. The van der Waals surface area contributed by atoms with Crippen molar-refractivity contribution < 1.29 is 19.1 Å². The van der Waals surface area contributed by atoms with Gasteiger partial charge in [-0.3, -0.25) is 9.59 Å². The van der Waals surface area contributed by atoms with Gasteiger partial charge >= 0.3 is 5.97 Å². The predicted molar refractivity (Wildman–Crippen MR) is 113 cm³/mol. The molecule has 1 N–H and O–H groups in total. The van der Waals surface area contributed by atoms with E-state index < -0.39 is 18.5 Å². The van der Waals surface area contributed by atoms with Gasteiger partial charge in [-0.05, 0) is 62.4 Å². The second kappa shape index (κ2) is 10.3. The Labute approximate surface area is 171 Å². The fourth-order valence-electron chi connectivity index (χ4n) is 2.76. The third kappa shape index (κ3) is 6.07. The summed E-state index contributed by atoms with van der Waals surface area (Å²) in [5.74, 6) is -1.13. The van der Waals surface area contributed by atoms with Crippen LogP contribution in [0.1, 0.15) is 34.6 Å². The largest absolute Gasteiger partial charge is 0.452 e. The number of amides is 2. The molecule has 0 aliphatic carbocycles. The lowest BCUT2D eigenvalue weighted by atomic mass is 10.2. The number of ether oxygens (including phenoxy) is 1. The van der Waals surface area contributed by atoms with E-state index in [1.54, 1.807) is 50.5 Å². The molecule has 0 unspecified atom stereocenters. The van der Waals surface area contributed by atoms with Crippen LogP contribution in [-0.2, 0) is 9.53 Å². The highest BCUT2D eigenvalue weighted by molar-refractivity contribution is 5.97. The zero-order valence-corrected chi connectivity index (χ0v) is 17.3. The summed E-state index contributed by atoms with van der Waals surface area (Å²) in [5, 5.41) is 2.64. The summed E-state index contributed by atoms with van der Waals surface area (Å²) in [4.78, 5) is 39.7. The minimum absolute atomic E-state index is 0.121. The van der Waals surface area contributed by atoms with Crippen LogP contribution in [0.5, 0.6) is 0 Å². The summed E-state index contributed by atoms with van der Waals surface area (Å²) in [7, 11) is 3.34. The first kappa shape index (κ1) is 21.9. The molecule has 0 fully saturated rings. The summed E-state index contributed by atoms with van der Waals surface area (Å²) in [6, 6.07) is 13.6. The molecule has 0 heterocycles. The lowest BCUT2D eigenvalue weighted by molar-refractivity contribution is -0.119. The monoisotopic (exact) mass is 397 g/mol. The van der Waals surface area contributed by atoms with Gasteiger partial charge in [0.25, 0.3) is 11.8 Å². The average molecular weight is 397 g/mol. The van der Waals surface area contributed by atoms with Gasteiger partial charge in [0, 0.05) is 44.1 Å². The summed E-state index contributed by atoms with van der Waals surface area (Å²) in [5.41, 5.74) is 2.46. The Morgan fingerprint density at radius 2 is 1.41 bits per heavy atom. The van der Waals surface area contributed by atoms with Crippen molar-refractivity contribution in [3.05, 3.63) is 59.7 Å². The van der Waals surface area contributed by atoms with Gasteiger partial charge in [-0.1, -0.05) is 0 Å². The molecule has 2 amide bonds. The molecule has 0 saturated carbocycles. The highest BCUT2D eigenvalue weighted by atomic mass is 16.5. The highest BCUT2D eigenvalue weighted by Gasteiger charge is 2.12. The van der Waals surface area contributed by atoms with Crippen LogP contribution in [0.2, 0.25) is 0 Å². The van der Waals surface area contributed by atoms with Crippen LogP contribution < -0.4 is 10.2 Å². The molecular weight excluding hydrogens is 370 g/mol. The van der Waals surface area contributed by atoms with Crippen molar-refractivity contribution in [2.75, 3.05) is 44.0 Å². The number of nitrogens with one attached hydrogen (secondary N) is 1. The van der Waals surface area contributed by atoms with Crippen molar-refractivity contribution in [1.82, 2.24) is 4.90 Å². The molecule has 2 rings (SSSR count). The molecule has 0 aliphatic heterocycles. The van der Waals surface area contributed by atoms with Gasteiger partial charge in [0.05, 0.1) is 5.56 Å². The number of benzene rings is 2. The zero-order valence-electron chi connectivity index (χ0n) is 17.3. The van der Waals surface area contributed by atoms with Crippen molar-refractivity contribution >= 4 is 29.2 Å². The number of nitrogens with zero attached hydrogens (tertiary/aromatic N) is 2. The summed E-state index contributed by atoms with van der Waals surface area (Å²) in [6.45, 7) is 5.50. The molecule has 154 valence electrons. The maximum Gasteiger partial charge on any atom is 0.338 e. The molecule has 0 radical (unpaired) electrons. The number of carbonyl (C=O) groups excluding carboxylic acids is 3. The summed E-state index contributed by atoms with van der Waals surface area (Å²) >= 11 is 0. The lowest BCUT2D eigenvalue weighted by Crippen LogP contribution is -2.23. The second-order valence-corrected chi connectivity index (χ2v) is 6.62. The first-order valence-corrected chi connectivity index (χ1v) is 9.49.